The van der Waals surface area contributed by atoms with E-state index in [1.54, 1.807) is 6.08 Å². The van der Waals surface area contributed by atoms with Crippen molar-refractivity contribution in [2.45, 2.75) is 38.1 Å². The van der Waals surface area contributed by atoms with E-state index in [1.165, 1.54) is 37.7 Å². The van der Waals surface area contributed by atoms with Crippen molar-refractivity contribution >= 4 is 6.08 Å². The Balaban J connectivity index is 0.000000184. The topological polar surface area (TPSA) is 4.36 Å². The highest BCUT2D eigenvalue weighted by atomic mass is 14.7. The van der Waals surface area contributed by atoms with Crippen LogP contribution in [0.15, 0.2) is 49.6 Å². The van der Waals surface area contributed by atoms with Crippen molar-refractivity contribution in [2.75, 3.05) is 0 Å². The van der Waals surface area contributed by atoms with Crippen molar-refractivity contribution < 1.29 is 0 Å². The molecule has 0 N–H and O–H groups in total. The molecule has 18 heavy (non-hydrogen) atoms. The second-order valence-electron chi connectivity index (χ2n) is 4.37. The highest BCUT2D eigenvalue weighted by Gasteiger charge is 2.19. The van der Waals surface area contributed by atoms with Crippen LogP contribution in [0, 0.1) is 6.07 Å². The third-order valence-electron chi connectivity index (χ3n) is 2.96. The van der Waals surface area contributed by atoms with Crippen LogP contribution in [0.25, 0.3) is 10.9 Å². The quantitative estimate of drug-likeness (QED) is 0.597. The van der Waals surface area contributed by atoms with Gasteiger partial charge in [0.05, 0.1) is 6.08 Å². The number of rotatable bonds is 1. The Bertz CT molecular complexity index is 402. The minimum Gasteiger partial charge on any atom is -0.0985 e. The molecule has 0 saturated heterocycles. The monoisotopic (exact) mass is 240 g/mol. The van der Waals surface area contributed by atoms with Gasteiger partial charge in [-0.3, -0.25) is 0 Å². The van der Waals surface area contributed by atoms with Crippen molar-refractivity contribution in [1.29, 1.82) is 0 Å². The van der Waals surface area contributed by atoms with Crippen LogP contribution >= 0.6 is 0 Å². The van der Waals surface area contributed by atoms with E-state index in [2.05, 4.69) is 24.1 Å². The molecule has 1 aromatic rings. The van der Waals surface area contributed by atoms with Crippen molar-refractivity contribution in [3.8, 4) is 6.07 Å². The van der Waals surface area contributed by atoms with Gasteiger partial charge in [-0.1, -0.05) is 60.8 Å². The van der Waals surface area contributed by atoms with Crippen LogP contribution in [0.5, 0.6) is 0 Å². The Kier molecular flexibility index (Phi) is 7.32. The minimum atomic E-state index is 0.548. The van der Waals surface area contributed by atoms with Crippen LogP contribution in [0.4, 0.5) is 0 Å². The van der Waals surface area contributed by atoms with Crippen molar-refractivity contribution in [2.24, 2.45) is 0 Å². The van der Waals surface area contributed by atoms with E-state index in [-0.39, 0.29) is 0 Å². The molecule has 0 aliphatic heterocycles. The zero-order chi connectivity index (χ0) is 13.1. The molecule has 1 aromatic carbocycles. The van der Waals surface area contributed by atoms with Crippen molar-refractivity contribution in [3.05, 3.63) is 60.0 Å². The SMILES string of the molecule is C=CC#[N+]C1CCCCC1.C=Cc1ccccc1. The predicted octanol–water partition coefficient (Wildman–Crippen LogP) is 5.17. The normalized spacial score (nSPS) is 14.4. The summed E-state index contributed by atoms with van der Waals surface area (Å²) in [4.78, 5) is 4.23. The molecule has 2 rings (SSSR count). The summed E-state index contributed by atoms with van der Waals surface area (Å²) >= 11 is 0. The number of hydrogen-bond donors (Lipinski definition) is 0. The van der Waals surface area contributed by atoms with E-state index in [1.807, 2.05) is 36.4 Å². The molecule has 0 aromatic heterocycles. The van der Waals surface area contributed by atoms with Gasteiger partial charge in [0.25, 0.3) is 6.04 Å². The molecule has 0 spiro atoms. The molecule has 0 radical (unpaired) electrons. The molecule has 0 amide bonds. The lowest BCUT2D eigenvalue weighted by molar-refractivity contribution is 0.480. The molecular formula is C17H22N+. The van der Waals surface area contributed by atoms with E-state index in [4.69, 9.17) is 0 Å². The van der Waals surface area contributed by atoms with Crippen molar-refractivity contribution in [1.82, 2.24) is 0 Å². The Morgan fingerprint density at radius 1 is 1.06 bits per heavy atom. The van der Waals surface area contributed by atoms with Crippen LogP contribution in [-0.2, 0) is 0 Å². The summed E-state index contributed by atoms with van der Waals surface area (Å²) in [5, 5.41) is 0. The van der Waals surface area contributed by atoms with E-state index < -0.39 is 0 Å². The lowest BCUT2D eigenvalue weighted by atomic mass is 9.96. The summed E-state index contributed by atoms with van der Waals surface area (Å²) in [5.74, 6) is 0. The molecule has 1 saturated carbocycles. The molecule has 94 valence electrons. The van der Waals surface area contributed by atoms with Crippen LogP contribution in [-0.4, -0.2) is 6.04 Å². The van der Waals surface area contributed by atoms with Gasteiger partial charge in [-0.2, -0.15) is 0 Å². The van der Waals surface area contributed by atoms with Gasteiger partial charge in [-0.25, -0.2) is 0 Å². The molecule has 1 nitrogen and oxygen atoms in total. The highest BCUT2D eigenvalue weighted by molar-refractivity contribution is 5.45. The van der Waals surface area contributed by atoms with Gasteiger partial charge in [-0.05, 0) is 18.4 Å². The molecular weight excluding hydrogens is 218 g/mol. The molecule has 1 heteroatoms. The fourth-order valence-corrected chi connectivity index (χ4v) is 1.96. The first-order valence-corrected chi connectivity index (χ1v) is 6.60. The van der Waals surface area contributed by atoms with Crippen LogP contribution in [0.2, 0.25) is 0 Å². The van der Waals surface area contributed by atoms with Gasteiger partial charge in [-0.15, -0.1) is 0 Å². The molecule has 0 heterocycles. The maximum absolute atomic E-state index is 4.23. The summed E-state index contributed by atoms with van der Waals surface area (Å²) in [7, 11) is 0. The summed E-state index contributed by atoms with van der Waals surface area (Å²) < 4.78 is 0. The minimum absolute atomic E-state index is 0.548. The standard InChI is InChI=1S/C9H14N.C8H8/c1-2-8-10-9-6-4-3-5-7-9;1-2-8-6-4-3-5-7-8/h2,9H,1,3-7H2;2-7H,1H2/q+1;. The zero-order valence-corrected chi connectivity index (χ0v) is 11.0. The van der Waals surface area contributed by atoms with Gasteiger partial charge < -0.3 is 0 Å². The first-order valence-electron chi connectivity index (χ1n) is 6.60. The first kappa shape index (κ1) is 14.3. The Morgan fingerprint density at radius 2 is 1.72 bits per heavy atom. The third kappa shape index (κ3) is 6.06. The van der Waals surface area contributed by atoms with E-state index in [0.29, 0.717) is 6.04 Å². The average molecular weight is 240 g/mol. The lowest BCUT2D eigenvalue weighted by Crippen LogP contribution is -2.06. The number of nitrogens with zero attached hydrogens (tertiary/aromatic N) is 1. The van der Waals surface area contributed by atoms with Gasteiger partial charge in [0, 0.05) is 12.8 Å². The molecule has 1 aliphatic rings. The molecule has 1 fully saturated rings. The number of hydrogen-bond acceptors (Lipinski definition) is 0. The van der Waals surface area contributed by atoms with E-state index >= 15 is 0 Å². The molecule has 0 unspecified atom stereocenters. The summed E-state index contributed by atoms with van der Waals surface area (Å²) in [6.07, 6.45) is 10.0. The maximum atomic E-state index is 4.23. The lowest BCUT2D eigenvalue weighted by Gasteiger charge is -2.07. The zero-order valence-electron chi connectivity index (χ0n) is 11.0. The maximum Gasteiger partial charge on any atom is 0.302 e. The Labute approximate surface area is 111 Å². The largest absolute Gasteiger partial charge is 0.302 e. The van der Waals surface area contributed by atoms with Gasteiger partial charge in [0.1, 0.15) is 0 Å². The first-order chi connectivity index (χ1) is 8.86. The van der Waals surface area contributed by atoms with Gasteiger partial charge in [0.2, 0.25) is 0 Å². The van der Waals surface area contributed by atoms with E-state index in [0.717, 1.165) is 0 Å². The smallest absolute Gasteiger partial charge is 0.0985 e. The number of allylic oxidation sites excluding steroid dienone is 1. The predicted molar refractivity (Wildman–Crippen MR) is 80.9 cm³/mol. The second kappa shape index (κ2) is 9.24. The number of benzene rings is 1. The highest BCUT2D eigenvalue weighted by Crippen LogP contribution is 2.19. The molecule has 1 aliphatic carbocycles. The second-order valence-corrected chi connectivity index (χ2v) is 4.37. The fourth-order valence-electron chi connectivity index (χ4n) is 1.96. The van der Waals surface area contributed by atoms with Gasteiger partial charge in [0.15, 0.2) is 0 Å². The molecule has 0 bridgehead atoms. The third-order valence-corrected chi connectivity index (χ3v) is 2.96. The Morgan fingerprint density at radius 3 is 2.22 bits per heavy atom. The summed E-state index contributed by atoms with van der Waals surface area (Å²) in [5.41, 5.74) is 1.17. The van der Waals surface area contributed by atoms with Gasteiger partial charge >= 0.3 is 6.07 Å². The van der Waals surface area contributed by atoms with E-state index in [9.17, 15) is 0 Å². The van der Waals surface area contributed by atoms with Crippen LogP contribution in [0.1, 0.15) is 37.7 Å². The van der Waals surface area contributed by atoms with Crippen molar-refractivity contribution in [3.63, 3.8) is 0 Å². The van der Waals surface area contributed by atoms with Crippen LogP contribution < -0.4 is 0 Å². The van der Waals surface area contributed by atoms with Crippen LogP contribution in [0.3, 0.4) is 0 Å². The Hall–Kier alpha value is -1.81. The summed E-state index contributed by atoms with van der Waals surface area (Å²) in [6, 6.07) is 13.4. The average Bonchev–Trinajstić information content (AvgIpc) is 2.48. The summed E-state index contributed by atoms with van der Waals surface area (Å²) in [6.45, 7) is 7.17. The molecule has 0 atom stereocenters. The fraction of sp³-hybridized carbons (Fsp3) is 0.353.